The number of rotatable bonds is 12. The van der Waals surface area contributed by atoms with Gasteiger partial charge in [-0.05, 0) is 144 Å². The van der Waals surface area contributed by atoms with E-state index in [9.17, 15) is 10.5 Å². The van der Waals surface area contributed by atoms with Gasteiger partial charge in [-0.15, -0.1) is 0 Å². The van der Waals surface area contributed by atoms with Gasteiger partial charge in [-0.3, -0.25) is 0 Å². The molecule has 0 fully saturated rings. The number of hydrogen-bond acceptors (Lipinski definition) is 4. The van der Waals surface area contributed by atoms with Crippen LogP contribution in [-0.2, 0) is 0 Å². The number of benzene rings is 13. The molecule has 15 aromatic rings. The monoisotopic (exact) mass is 1100 g/mol. The summed E-state index contributed by atoms with van der Waals surface area (Å²) in [4.78, 5) is 4.62. The van der Waals surface area contributed by atoms with Crippen molar-refractivity contribution in [2.45, 2.75) is 0 Å². The van der Waals surface area contributed by atoms with Crippen LogP contribution in [0.1, 0.15) is 11.1 Å². The summed E-state index contributed by atoms with van der Waals surface area (Å²) in [5.74, 6) is 0. The third kappa shape index (κ3) is 8.91. The Morgan fingerprint density at radius 1 is 0.233 bits per heavy atom. The summed E-state index contributed by atoms with van der Waals surface area (Å²) >= 11 is 0. The maximum absolute atomic E-state index is 11.2. The number of fused-ring (bicyclic) bond motifs is 6. The molecule has 0 atom stereocenters. The smallest absolute Gasteiger partial charge is 0.0998 e. The van der Waals surface area contributed by atoms with Crippen LogP contribution in [0.2, 0.25) is 0 Å². The Bertz CT molecular complexity index is 4800. The lowest BCUT2D eigenvalue weighted by atomic mass is 9.91. The highest BCUT2D eigenvalue weighted by molar-refractivity contribution is 6.14. The minimum Gasteiger partial charge on any atom is -0.310 e. The van der Waals surface area contributed by atoms with Crippen molar-refractivity contribution in [3.63, 3.8) is 0 Å². The van der Waals surface area contributed by atoms with E-state index >= 15 is 0 Å². The molecular weight excluding hydrogens is 1040 g/mol. The van der Waals surface area contributed by atoms with Gasteiger partial charge in [0.2, 0.25) is 0 Å². The summed E-state index contributed by atoms with van der Waals surface area (Å²) in [5, 5.41) is 26.6. The van der Waals surface area contributed by atoms with E-state index in [2.05, 4.69) is 310 Å². The normalized spacial score (nSPS) is 11.2. The largest absolute Gasteiger partial charge is 0.310 e. The van der Waals surface area contributed by atoms with Gasteiger partial charge in [0.05, 0.1) is 56.7 Å². The first-order valence-corrected chi connectivity index (χ1v) is 28.9. The first kappa shape index (κ1) is 51.0. The third-order valence-electron chi connectivity index (χ3n) is 16.6. The lowest BCUT2D eigenvalue weighted by molar-refractivity contribution is 1.15. The molecule has 0 unspecified atom stereocenters. The van der Waals surface area contributed by atoms with Gasteiger partial charge in [-0.1, -0.05) is 194 Å². The topological polar surface area (TPSA) is 63.9 Å². The number of aromatic nitrogens is 2. The van der Waals surface area contributed by atoms with Gasteiger partial charge in [-0.25, -0.2) is 0 Å². The lowest BCUT2D eigenvalue weighted by Gasteiger charge is -2.26. The molecule has 0 radical (unpaired) electrons. The van der Waals surface area contributed by atoms with Crippen LogP contribution in [0.4, 0.5) is 34.1 Å². The number of anilines is 6. The Labute approximate surface area is 499 Å². The fourth-order valence-corrected chi connectivity index (χ4v) is 12.6. The zero-order valence-corrected chi connectivity index (χ0v) is 46.7. The van der Waals surface area contributed by atoms with Crippen molar-refractivity contribution in [2.75, 3.05) is 9.80 Å². The van der Waals surface area contributed by atoms with Crippen LogP contribution in [0.25, 0.3) is 99.5 Å². The summed E-state index contributed by atoms with van der Waals surface area (Å²) < 4.78 is 4.77. The van der Waals surface area contributed by atoms with Gasteiger partial charge < -0.3 is 18.9 Å². The minimum atomic E-state index is 0.540. The molecule has 2 heterocycles. The van der Waals surface area contributed by atoms with Crippen molar-refractivity contribution < 1.29 is 0 Å². The second-order valence-electron chi connectivity index (χ2n) is 21.5. The maximum Gasteiger partial charge on any atom is 0.0998 e. The molecule has 0 amide bonds. The number of nitriles is 2. The quantitative estimate of drug-likeness (QED) is 0.122. The Morgan fingerprint density at radius 3 is 0.919 bits per heavy atom. The van der Waals surface area contributed by atoms with Gasteiger partial charge in [0, 0.05) is 77.9 Å². The van der Waals surface area contributed by atoms with Crippen LogP contribution in [-0.4, -0.2) is 9.13 Å². The summed E-state index contributed by atoms with van der Waals surface area (Å²) in [6, 6.07) is 116. The van der Waals surface area contributed by atoms with Gasteiger partial charge in [0.1, 0.15) is 0 Å². The molecule has 0 N–H and O–H groups in total. The van der Waals surface area contributed by atoms with Gasteiger partial charge >= 0.3 is 0 Å². The Hall–Kier alpha value is -12.0. The van der Waals surface area contributed by atoms with E-state index in [1.165, 1.54) is 0 Å². The highest BCUT2D eigenvalue weighted by atomic mass is 15.2. The second kappa shape index (κ2) is 21.7. The molecule has 15 rings (SSSR count). The van der Waals surface area contributed by atoms with E-state index in [0.29, 0.717) is 11.1 Å². The van der Waals surface area contributed by atoms with Crippen LogP contribution in [0, 0.1) is 22.7 Å². The van der Waals surface area contributed by atoms with Crippen LogP contribution in [0.5, 0.6) is 0 Å². The molecule has 402 valence electrons. The molecule has 0 aliphatic rings. The maximum atomic E-state index is 11.2. The van der Waals surface area contributed by atoms with E-state index in [1.54, 1.807) is 0 Å². The van der Waals surface area contributed by atoms with E-state index in [4.69, 9.17) is 0 Å². The predicted molar refractivity (Wildman–Crippen MR) is 356 cm³/mol. The Balaban J connectivity index is 1.08. The van der Waals surface area contributed by atoms with Crippen LogP contribution >= 0.6 is 0 Å². The second-order valence-corrected chi connectivity index (χ2v) is 21.5. The predicted octanol–water partition coefficient (Wildman–Crippen LogP) is 21.2. The molecule has 0 saturated heterocycles. The highest BCUT2D eigenvalue weighted by Gasteiger charge is 2.27. The van der Waals surface area contributed by atoms with E-state index in [0.717, 1.165) is 134 Å². The van der Waals surface area contributed by atoms with Crippen molar-refractivity contribution >= 4 is 77.7 Å². The average molecular weight is 1100 g/mol. The summed E-state index contributed by atoms with van der Waals surface area (Å²) in [7, 11) is 0. The van der Waals surface area contributed by atoms with Crippen LogP contribution < -0.4 is 9.80 Å². The number of nitrogens with zero attached hydrogens (tertiary/aromatic N) is 6. The average Bonchev–Trinajstić information content (AvgIpc) is 1.76. The van der Waals surface area contributed by atoms with Crippen molar-refractivity contribution in [3.05, 3.63) is 327 Å². The molecule has 6 nitrogen and oxygen atoms in total. The van der Waals surface area contributed by atoms with Crippen molar-refractivity contribution in [1.29, 1.82) is 10.5 Å². The minimum absolute atomic E-state index is 0.540. The van der Waals surface area contributed by atoms with Gasteiger partial charge in [0.15, 0.2) is 0 Å². The third-order valence-corrected chi connectivity index (χ3v) is 16.6. The number of hydrogen-bond donors (Lipinski definition) is 0. The lowest BCUT2D eigenvalue weighted by Crippen LogP contribution is -2.09. The zero-order chi connectivity index (χ0) is 57.5. The van der Waals surface area contributed by atoms with E-state index < -0.39 is 0 Å². The van der Waals surface area contributed by atoms with Crippen molar-refractivity contribution in [1.82, 2.24) is 9.13 Å². The molecule has 13 aromatic carbocycles. The summed E-state index contributed by atoms with van der Waals surface area (Å²) in [6.07, 6.45) is 0. The SMILES string of the molecule is N#Cc1ccccc1-c1cc(-n2c3cc(-c4ccccc4)ccc3c3ccc(-c4ccccc4)cc32)c(-c2ccccc2C#N)cc1-n1c2ccc(N(c3ccccc3)c3ccccc3)cc2c2cc(N(c3ccccc3)c3ccccc3)ccc21. The molecular formula is C80H52N6. The zero-order valence-electron chi connectivity index (χ0n) is 46.7. The molecule has 0 saturated carbocycles. The summed E-state index contributed by atoms with van der Waals surface area (Å²) in [5.41, 5.74) is 20.5. The Morgan fingerprint density at radius 2 is 0.558 bits per heavy atom. The van der Waals surface area contributed by atoms with Crippen molar-refractivity contribution in [3.8, 4) is 68.0 Å². The van der Waals surface area contributed by atoms with E-state index in [-0.39, 0.29) is 0 Å². The first-order valence-electron chi connectivity index (χ1n) is 28.9. The van der Waals surface area contributed by atoms with Gasteiger partial charge in [-0.2, -0.15) is 10.5 Å². The van der Waals surface area contributed by atoms with E-state index in [1.807, 2.05) is 36.4 Å². The summed E-state index contributed by atoms with van der Waals surface area (Å²) in [6.45, 7) is 0. The first-order chi connectivity index (χ1) is 42.6. The van der Waals surface area contributed by atoms with Gasteiger partial charge in [0.25, 0.3) is 0 Å². The molecule has 0 bridgehead atoms. The highest BCUT2D eigenvalue weighted by Crippen LogP contribution is 2.48. The van der Waals surface area contributed by atoms with Crippen LogP contribution in [0.3, 0.4) is 0 Å². The molecule has 0 aliphatic carbocycles. The van der Waals surface area contributed by atoms with Crippen LogP contribution in [0.15, 0.2) is 315 Å². The molecule has 2 aromatic heterocycles. The molecule has 0 spiro atoms. The molecule has 0 aliphatic heterocycles. The Kier molecular flexibility index (Phi) is 12.9. The molecule has 86 heavy (non-hydrogen) atoms. The molecule has 6 heteroatoms. The van der Waals surface area contributed by atoms with Crippen molar-refractivity contribution in [2.24, 2.45) is 0 Å². The fraction of sp³-hybridized carbons (Fsp3) is 0. The number of para-hydroxylation sites is 4. The fourth-order valence-electron chi connectivity index (χ4n) is 12.6. The standard InChI is InChI=1S/C80H52N6/c81-53-59-27-19-21-37-67(59)73-52-80(86-77-47-57(55-23-7-1-8-24-55)39-43-69(77)70-44-40-58(48-78(70)86)56-25-9-2-10-26-56)74(68-38-22-20-28-60(68)54-82)51-79(73)85-75-45-41-65(83(61-29-11-3-12-30-61)62-31-13-4-14-32-62)49-71(75)72-50-66(42-46-76(72)85)84(63-33-15-5-16-34-63)64-35-17-6-18-36-64/h1-52H.